The van der Waals surface area contributed by atoms with Gasteiger partial charge in [0.1, 0.15) is 18.1 Å². The van der Waals surface area contributed by atoms with Gasteiger partial charge >= 0.3 is 0 Å². The summed E-state index contributed by atoms with van der Waals surface area (Å²) in [5.41, 5.74) is 5.36. The van der Waals surface area contributed by atoms with Crippen LogP contribution in [0.2, 0.25) is 5.02 Å². The third-order valence-corrected chi connectivity index (χ3v) is 4.32. The van der Waals surface area contributed by atoms with Crippen molar-refractivity contribution in [1.29, 1.82) is 0 Å². The van der Waals surface area contributed by atoms with Crippen LogP contribution in [0, 0.1) is 11.8 Å². The number of aliphatic hydroxyl groups is 1. The number of nitrogens with zero attached hydrogens (tertiary/aromatic N) is 1. The first-order valence-electron chi connectivity index (χ1n) is 8.84. The second kappa shape index (κ2) is 9.23. The zero-order chi connectivity index (χ0) is 19.9. The van der Waals surface area contributed by atoms with Crippen LogP contribution in [0.5, 0.6) is 5.75 Å². The lowest BCUT2D eigenvalue weighted by molar-refractivity contribution is 0.201. The summed E-state index contributed by atoms with van der Waals surface area (Å²) in [6, 6.07) is 17.2. The fourth-order valence-electron chi connectivity index (χ4n) is 2.64. The molecule has 3 rings (SSSR count). The molecule has 0 aliphatic rings. The molecule has 0 amide bonds. The molecule has 0 fully saturated rings. The molecule has 0 unspecified atom stereocenters. The van der Waals surface area contributed by atoms with Crippen LogP contribution in [0.15, 0.2) is 67.4 Å². The number of hydrogen-bond donors (Lipinski definition) is 1. The zero-order valence-corrected chi connectivity index (χ0v) is 16.3. The smallest absolute Gasteiger partial charge is 0.126 e. The van der Waals surface area contributed by atoms with Crippen molar-refractivity contribution < 1.29 is 9.84 Å². The van der Waals surface area contributed by atoms with Crippen LogP contribution in [0.3, 0.4) is 0 Å². The molecule has 3 nitrogen and oxygen atoms in total. The number of pyridine rings is 1. The molecule has 28 heavy (non-hydrogen) atoms. The Balaban J connectivity index is 1.80. The highest BCUT2D eigenvalue weighted by Crippen LogP contribution is 2.26. The minimum Gasteiger partial charge on any atom is -0.491 e. The minimum absolute atomic E-state index is 0.0329. The van der Waals surface area contributed by atoms with Crippen molar-refractivity contribution in [2.75, 3.05) is 13.2 Å². The van der Waals surface area contributed by atoms with E-state index >= 15 is 0 Å². The van der Waals surface area contributed by atoms with E-state index in [2.05, 4.69) is 23.4 Å². The van der Waals surface area contributed by atoms with E-state index in [0.717, 1.165) is 27.8 Å². The van der Waals surface area contributed by atoms with Gasteiger partial charge < -0.3 is 9.84 Å². The van der Waals surface area contributed by atoms with Gasteiger partial charge in [0.15, 0.2) is 0 Å². The van der Waals surface area contributed by atoms with Crippen LogP contribution < -0.4 is 4.74 Å². The summed E-state index contributed by atoms with van der Waals surface area (Å²) in [7, 11) is 0. The molecule has 140 valence electrons. The summed E-state index contributed by atoms with van der Waals surface area (Å²) in [5, 5.41) is 9.65. The molecule has 0 aliphatic heterocycles. The normalized spacial score (nSPS) is 10.1. The highest BCUT2D eigenvalue weighted by molar-refractivity contribution is 6.30. The van der Waals surface area contributed by atoms with Gasteiger partial charge in [0.05, 0.1) is 6.61 Å². The maximum atomic E-state index is 8.94. The monoisotopic (exact) mass is 389 g/mol. The Morgan fingerprint density at radius 3 is 2.46 bits per heavy atom. The molecule has 1 aromatic heterocycles. The van der Waals surface area contributed by atoms with Gasteiger partial charge in [0.25, 0.3) is 0 Å². The van der Waals surface area contributed by atoms with Gasteiger partial charge in [0, 0.05) is 27.9 Å². The summed E-state index contributed by atoms with van der Waals surface area (Å²) in [4.78, 5) is 4.43. The lowest BCUT2D eigenvalue weighted by atomic mass is 10.0. The number of halogens is 1. The lowest BCUT2D eigenvalue weighted by Gasteiger charge is -2.11. The number of aromatic nitrogens is 1. The van der Waals surface area contributed by atoms with Crippen molar-refractivity contribution in [3.8, 4) is 28.7 Å². The molecule has 0 atom stereocenters. The summed E-state index contributed by atoms with van der Waals surface area (Å²) in [6.07, 6.45) is 1.80. The first-order chi connectivity index (χ1) is 13.6. The molecular formula is C24H20ClNO2. The molecule has 3 aromatic rings. The third-order valence-electron chi connectivity index (χ3n) is 4.06. The third kappa shape index (κ3) is 5.01. The Labute approximate surface area is 170 Å². The van der Waals surface area contributed by atoms with Gasteiger partial charge in [-0.1, -0.05) is 42.3 Å². The largest absolute Gasteiger partial charge is 0.491 e. The Hall–Kier alpha value is -3.06. The minimum atomic E-state index is -0.0329. The highest BCUT2D eigenvalue weighted by atomic mass is 35.5. The van der Waals surface area contributed by atoms with Crippen molar-refractivity contribution in [2.24, 2.45) is 0 Å². The highest BCUT2D eigenvalue weighted by Gasteiger charge is 2.05. The average Bonchev–Trinajstić information content (AvgIpc) is 2.72. The number of ether oxygens (including phenoxy) is 1. The maximum absolute atomic E-state index is 8.94. The summed E-state index contributed by atoms with van der Waals surface area (Å²) < 4.78 is 5.55. The average molecular weight is 390 g/mol. The molecule has 0 aliphatic carbocycles. The van der Waals surface area contributed by atoms with Crippen molar-refractivity contribution in [3.05, 3.63) is 89.2 Å². The standard InChI is InChI=1S/C24H20ClNO2/c1-17(2)23-15-18(4-12-24(23)28-14-13-27)3-10-22-11-7-20(16-26-22)19-5-8-21(25)9-6-19/h4-9,11-12,15-16,27H,1,13-14H2,2H3. The van der Waals surface area contributed by atoms with Crippen LogP contribution in [0.4, 0.5) is 0 Å². The molecule has 0 saturated carbocycles. The van der Waals surface area contributed by atoms with E-state index < -0.39 is 0 Å². The molecule has 0 saturated heterocycles. The molecule has 0 bridgehead atoms. The summed E-state index contributed by atoms with van der Waals surface area (Å²) in [6.45, 7) is 6.11. The van der Waals surface area contributed by atoms with E-state index in [1.54, 1.807) is 6.20 Å². The Bertz CT molecular complexity index is 1030. The van der Waals surface area contributed by atoms with Crippen LogP contribution in [0.25, 0.3) is 16.7 Å². The number of hydrogen-bond acceptors (Lipinski definition) is 3. The predicted octanol–water partition coefficient (Wildman–Crippen LogP) is 5.21. The number of benzene rings is 2. The van der Waals surface area contributed by atoms with Crippen LogP contribution >= 0.6 is 11.6 Å². The van der Waals surface area contributed by atoms with Gasteiger partial charge in [-0.25, -0.2) is 4.98 Å². The van der Waals surface area contributed by atoms with Crippen molar-refractivity contribution >= 4 is 17.2 Å². The van der Waals surface area contributed by atoms with Crippen molar-refractivity contribution in [1.82, 2.24) is 4.98 Å². The SMILES string of the molecule is C=C(C)c1cc(C#Cc2ccc(-c3ccc(Cl)cc3)cn2)ccc1OCCO. The van der Waals surface area contributed by atoms with Gasteiger partial charge in [-0.3, -0.25) is 0 Å². The van der Waals surface area contributed by atoms with Crippen LogP contribution in [0.1, 0.15) is 23.7 Å². The van der Waals surface area contributed by atoms with E-state index in [1.165, 1.54) is 0 Å². The van der Waals surface area contributed by atoms with Gasteiger partial charge in [-0.05, 0) is 60.4 Å². The zero-order valence-electron chi connectivity index (χ0n) is 15.6. The van der Waals surface area contributed by atoms with Crippen molar-refractivity contribution in [2.45, 2.75) is 6.92 Å². The first kappa shape index (κ1) is 19.7. The number of allylic oxidation sites excluding steroid dienone is 1. The van der Waals surface area contributed by atoms with Gasteiger partial charge in [-0.2, -0.15) is 0 Å². The van der Waals surface area contributed by atoms with E-state index in [9.17, 15) is 0 Å². The quantitative estimate of drug-likeness (QED) is 0.609. The van der Waals surface area contributed by atoms with E-state index in [1.807, 2.05) is 61.5 Å². The predicted molar refractivity (Wildman–Crippen MR) is 114 cm³/mol. The molecule has 0 spiro atoms. The molecule has 2 aromatic carbocycles. The number of rotatable bonds is 5. The fraction of sp³-hybridized carbons (Fsp3) is 0.125. The lowest BCUT2D eigenvalue weighted by Crippen LogP contribution is -2.03. The summed E-state index contributed by atoms with van der Waals surface area (Å²) >= 11 is 5.93. The Morgan fingerprint density at radius 2 is 1.82 bits per heavy atom. The Kier molecular flexibility index (Phi) is 6.49. The Morgan fingerprint density at radius 1 is 1.07 bits per heavy atom. The van der Waals surface area contributed by atoms with E-state index in [0.29, 0.717) is 16.5 Å². The van der Waals surface area contributed by atoms with Crippen molar-refractivity contribution in [3.63, 3.8) is 0 Å². The van der Waals surface area contributed by atoms with E-state index in [-0.39, 0.29) is 13.2 Å². The second-order valence-electron chi connectivity index (χ2n) is 6.25. The summed E-state index contributed by atoms with van der Waals surface area (Å²) in [5.74, 6) is 6.91. The topological polar surface area (TPSA) is 42.4 Å². The fourth-order valence-corrected chi connectivity index (χ4v) is 2.77. The molecule has 4 heteroatoms. The molecular weight excluding hydrogens is 370 g/mol. The molecule has 1 N–H and O–H groups in total. The van der Waals surface area contributed by atoms with E-state index in [4.69, 9.17) is 21.4 Å². The first-order valence-corrected chi connectivity index (χ1v) is 9.22. The number of aliphatic hydroxyl groups excluding tert-OH is 1. The van der Waals surface area contributed by atoms with Crippen LogP contribution in [-0.4, -0.2) is 23.3 Å². The van der Waals surface area contributed by atoms with Gasteiger partial charge in [-0.15, -0.1) is 0 Å². The maximum Gasteiger partial charge on any atom is 0.126 e. The molecule has 1 heterocycles. The second-order valence-corrected chi connectivity index (χ2v) is 6.69. The van der Waals surface area contributed by atoms with Gasteiger partial charge in [0.2, 0.25) is 0 Å². The molecule has 0 radical (unpaired) electrons. The van der Waals surface area contributed by atoms with Crippen LogP contribution in [-0.2, 0) is 0 Å².